The number of hydrogen-bond acceptors (Lipinski definition) is 6. The zero-order chi connectivity index (χ0) is 22.1. The number of aromatic amines is 1. The van der Waals surface area contributed by atoms with Crippen LogP contribution in [0.15, 0.2) is 36.4 Å². The minimum atomic E-state index is 0.0260. The number of rotatable bonds is 6. The van der Waals surface area contributed by atoms with Crippen molar-refractivity contribution in [2.45, 2.75) is 33.7 Å². The van der Waals surface area contributed by atoms with Gasteiger partial charge in [-0.25, -0.2) is 9.97 Å². The summed E-state index contributed by atoms with van der Waals surface area (Å²) >= 11 is 0. The van der Waals surface area contributed by atoms with E-state index >= 15 is 0 Å². The fraction of sp³-hybridized carbons (Fsp3) is 0.292. The van der Waals surface area contributed by atoms with Crippen molar-refractivity contribution in [2.24, 2.45) is 0 Å². The van der Waals surface area contributed by atoms with E-state index in [1.165, 1.54) is 0 Å². The van der Waals surface area contributed by atoms with Gasteiger partial charge in [0.1, 0.15) is 11.6 Å². The molecule has 0 aliphatic carbocycles. The fourth-order valence-electron chi connectivity index (χ4n) is 3.91. The van der Waals surface area contributed by atoms with Gasteiger partial charge in [-0.3, -0.25) is 5.10 Å². The monoisotopic (exact) mass is 417 g/mol. The molecular formula is C24H27N5O2. The van der Waals surface area contributed by atoms with Gasteiger partial charge in [-0.2, -0.15) is 5.10 Å². The quantitative estimate of drug-likeness (QED) is 0.452. The van der Waals surface area contributed by atoms with Crippen LogP contribution in [-0.2, 0) is 0 Å². The van der Waals surface area contributed by atoms with E-state index in [0.717, 1.165) is 44.8 Å². The summed E-state index contributed by atoms with van der Waals surface area (Å²) in [6.45, 7) is 8.07. The lowest BCUT2D eigenvalue weighted by Gasteiger charge is -2.18. The van der Waals surface area contributed by atoms with E-state index in [-0.39, 0.29) is 6.04 Å². The Morgan fingerprint density at radius 1 is 0.968 bits per heavy atom. The molecule has 0 saturated heterocycles. The van der Waals surface area contributed by atoms with Crippen molar-refractivity contribution in [1.29, 1.82) is 0 Å². The summed E-state index contributed by atoms with van der Waals surface area (Å²) in [7, 11) is 3.25. The highest BCUT2D eigenvalue weighted by molar-refractivity contribution is 5.92. The molecule has 0 saturated carbocycles. The average Bonchev–Trinajstić information content (AvgIpc) is 3.10. The van der Waals surface area contributed by atoms with E-state index < -0.39 is 0 Å². The largest absolute Gasteiger partial charge is 0.493 e. The van der Waals surface area contributed by atoms with Crippen molar-refractivity contribution >= 4 is 16.7 Å². The maximum Gasteiger partial charge on any atom is 0.162 e. The number of fused-ring (bicyclic) bond motifs is 1. The molecule has 0 aliphatic heterocycles. The van der Waals surface area contributed by atoms with Crippen LogP contribution in [0.5, 0.6) is 11.5 Å². The number of methoxy groups -OCH3 is 2. The third kappa shape index (κ3) is 3.91. The van der Waals surface area contributed by atoms with E-state index in [1.807, 2.05) is 32.9 Å². The van der Waals surface area contributed by atoms with Gasteiger partial charge in [0.25, 0.3) is 0 Å². The number of H-pyrrole nitrogens is 1. The predicted molar refractivity (Wildman–Crippen MR) is 123 cm³/mol. The molecule has 4 aromatic rings. The normalized spacial score (nSPS) is 12.1. The van der Waals surface area contributed by atoms with Crippen LogP contribution in [0.25, 0.3) is 22.0 Å². The second kappa shape index (κ2) is 8.26. The van der Waals surface area contributed by atoms with Crippen LogP contribution in [-0.4, -0.2) is 34.4 Å². The minimum absolute atomic E-state index is 0.0260. The molecule has 7 nitrogen and oxygen atoms in total. The number of benzene rings is 2. The molecule has 0 unspecified atom stereocenters. The minimum Gasteiger partial charge on any atom is -0.493 e. The van der Waals surface area contributed by atoms with Crippen LogP contribution < -0.4 is 14.8 Å². The van der Waals surface area contributed by atoms with Crippen molar-refractivity contribution in [3.63, 3.8) is 0 Å². The lowest BCUT2D eigenvalue weighted by molar-refractivity contribution is 0.356. The summed E-state index contributed by atoms with van der Waals surface area (Å²) < 4.78 is 10.9. The molecule has 2 heterocycles. The summed E-state index contributed by atoms with van der Waals surface area (Å²) in [6.07, 6.45) is 0. The van der Waals surface area contributed by atoms with Gasteiger partial charge in [0.2, 0.25) is 0 Å². The summed E-state index contributed by atoms with van der Waals surface area (Å²) in [5, 5.41) is 11.8. The van der Waals surface area contributed by atoms with Crippen LogP contribution in [0.1, 0.15) is 35.7 Å². The van der Waals surface area contributed by atoms with Gasteiger partial charge >= 0.3 is 0 Å². The second-order valence-corrected chi connectivity index (χ2v) is 7.64. The zero-order valence-electron chi connectivity index (χ0n) is 18.7. The lowest BCUT2D eigenvalue weighted by Crippen LogP contribution is -2.10. The first-order chi connectivity index (χ1) is 14.9. The Balaban J connectivity index is 1.72. The van der Waals surface area contributed by atoms with Crippen molar-refractivity contribution in [3.05, 3.63) is 59.2 Å². The van der Waals surface area contributed by atoms with Crippen molar-refractivity contribution in [2.75, 3.05) is 19.5 Å². The summed E-state index contributed by atoms with van der Waals surface area (Å²) in [5.74, 6) is 2.74. The highest BCUT2D eigenvalue weighted by atomic mass is 16.5. The van der Waals surface area contributed by atoms with Gasteiger partial charge in [-0.1, -0.05) is 18.2 Å². The van der Waals surface area contributed by atoms with Crippen LogP contribution in [0.4, 0.5) is 5.82 Å². The predicted octanol–water partition coefficient (Wildman–Crippen LogP) is 5.14. The molecule has 31 heavy (non-hydrogen) atoms. The first kappa shape index (κ1) is 20.7. The smallest absolute Gasteiger partial charge is 0.162 e. The van der Waals surface area contributed by atoms with Gasteiger partial charge in [-0.15, -0.1) is 0 Å². The third-order valence-electron chi connectivity index (χ3n) is 5.47. The molecule has 0 bridgehead atoms. The Morgan fingerprint density at radius 2 is 1.71 bits per heavy atom. The molecule has 0 fully saturated rings. The highest BCUT2D eigenvalue weighted by Gasteiger charge is 2.16. The standard InChI is InChI=1S/C24H27N5O2/c1-13(17-8-7-9-18(10-17)23-14(2)28-29-15(23)3)25-24-19-11-21(30-5)22(31-6)12-20(19)26-16(4)27-24/h7-13H,1-6H3,(H,28,29)(H,25,26,27)/t13-/m1/s1. The second-order valence-electron chi connectivity index (χ2n) is 7.64. The Bertz CT molecular complexity index is 1230. The molecule has 0 radical (unpaired) electrons. The SMILES string of the molecule is COc1cc2nc(C)nc(N[C@H](C)c3cccc(-c4c(C)n[nH]c4C)c3)c2cc1OC. The number of hydrogen-bond donors (Lipinski definition) is 2. The maximum atomic E-state index is 5.48. The topological polar surface area (TPSA) is 85.0 Å². The van der Waals surface area contributed by atoms with Crippen molar-refractivity contribution < 1.29 is 9.47 Å². The highest BCUT2D eigenvalue weighted by Crippen LogP contribution is 2.35. The molecule has 0 spiro atoms. The Morgan fingerprint density at radius 3 is 2.39 bits per heavy atom. The molecule has 0 amide bonds. The number of ether oxygens (including phenoxy) is 2. The first-order valence-electron chi connectivity index (χ1n) is 10.2. The Kier molecular flexibility index (Phi) is 5.50. The Labute approximate surface area is 181 Å². The van der Waals surface area contributed by atoms with Crippen LogP contribution in [0.3, 0.4) is 0 Å². The van der Waals surface area contributed by atoms with E-state index in [2.05, 4.69) is 56.7 Å². The van der Waals surface area contributed by atoms with E-state index in [9.17, 15) is 0 Å². The maximum absolute atomic E-state index is 5.48. The molecule has 1 atom stereocenters. The van der Waals surface area contributed by atoms with Gasteiger partial charge in [0.15, 0.2) is 11.5 Å². The third-order valence-corrected chi connectivity index (χ3v) is 5.47. The molecule has 2 aromatic carbocycles. The summed E-state index contributed by atoms with van der Waals surface area (Å²) in [6, 6.07) is 12.3. The van der Waals surface area contributed by atoms with Gasteiger partial charge in [-0.05, 0) is 51.0 Å². The number of aryl methyl sites for hydroxylation is 3. The van der Waals surface area contributed by atoms with E-state index in [1.54, 1.807) is 14.2 Å². The molecule has 0 aliphatic rings. The van der Waals surface area contributed by atoms with Crippen LogP contribution in [0, 0.1) is 20.8 Å². The van der Waals surface area contributed by atoms with Gasteiger partial charge < -0.3 is 14.8 Å². The average molecular weight is 418 g/mol. The molecule has 7 heteroatoms. The summed E-state index contributed by atoms with van der Waals surface area (Å²) in [5.41, 5.74) is 6.31. The van der Waals surface area contributed by atoms with E-state index in [0.29, 0.717) is 17.3 Å². The van der Waals surface area contributed by atoms with Crippen LogP contribution >= 0.6 is 0 Å². The Hall–Kier alpha value is -3.61. The van der Waals surface area contributed by atoms with Crippen molar-refractivity contribution in [1.82, 2.24) is 20.2 Å². The molecular weight excluding hydrogens is 390 g/mol. The first-order valence-corrected chi connectivity index (χ1v) is 10.2. The lowest BCUT2D eigenvalue weighted by atomic mass is 9.99. The van der Waals surface area contributed by atoms with E-state index in [4.69, 9.17) is 9.47 Å². The van der Waals surface area contributed by atoms with Gasteiger partial charge in [0, 0.05) is 28.8 Å². The number of anilines is 1. The van der Waals surface area contributed by atoms with Gasteiger partial charge in [0.05, 0.1) is 25.4 Å². The fourth-order valence-corrected chi connectivity index (χ4v) is 3.91. The number of nitrogens with one attached hydrogen (secondary N) is 2. The van der Waals surface area contributed by atoms with Crippen molar-refractivity contribution in [3.8, 4) is 22.6 Å². The molecule has 4 rings (SSSR count). The number of aromatic nitrogens is 4. The molecule has 2 aromatic heterocycles. The molecule has 160 valence electrons. The van der Waals surface area contributed by atoms with Crippen LogP contribution in [0.2, 0.25) is 0 Å². The summed E-state index contributed by atoms with van der Waals surface area (Å²) in [4.78, 5) is 9.24. The zero-order valence-corrected chi connectivity index (χ0v) is 18.7. The molecule has 2 N–H and O–H groups in total. The number of nitrogens with zero attached hydrogens (tertiary/aromatic N) is 3.